The molecule has 0 aliphatic rings. The third-order valence-corrected chi connectivity index (χ3v) is 6.70. The maximum Gasteiger partial charge on any atom is 0.132 e. The van der Waals surface area contributed by atoms with Gasteiger partial charge in [0.1, 0.15) is 5.78 Å². The molecule has 0 fully saturated rings. The maximum atomic E-state index is 12.8. The molecule has 0 saturated carbocycles. The molecule has 0 N–H and O–H groups in total. The number of benzene rings is 4. The van der Waals surface area contributed by atoms with Gasteiger partial charge < -0.3 is 0 Å². The topological polar surface area (TPSA) is 17.1 Å². The van der Waals surface area contributed by atoms with Crippen LogP contribution in [0, 0.1) is 0 Å². The largest absolute Gasteiger partial charge is 0.300 e. The lowest BCUT2D eigenvalue weighted by Gasteiger charge is -2.19. The smallest absolute Gasteiger partial charge is 0.132 e. The highest BCUT2D eigenvalue weighted by Gasteiger charge is 2.16. The van der Waals surface area contributed by atoms with E-state index >= 15 is 0 Å². The van der Waals surface area contributed by atoms with E-state index in [1.165, 1.54) is 22.3 Å². The summed E-state index contributed by atoms with van der Waals surface area (Å²) in [6, 6.07) is 42.7. The number of ketones is 1. The fraction of sp³-hybridized carbons (Fsp3) is 0.242. The summed E-state index contributed by atoms with van der Waals surface area (Å²) in [4.78, 5) is 12.8. The summed E-state index contributed by atoms with van der Waals surface area (Å²) >= 11 is 0. The average molecular weight is 447 g/mol. The molecular formula is C33H34O. The molecule has 0 saturated heterocycles. The van der Waals surface area contributed by atoms with Crippen LogP contribution >= 0.6 is 0 Å². The number of carbonyl (C=O) groups is 1. The Kier molecular flexibility index (Phi) is 8.85. The molecule has 0 aliphatic carbocycles. The quantitative estimate of drug-likeness (QED) is 0.213. The van der Waals surface area contributed by atoms with Crippen LogP contribution in [0.5, 0.6) is 0 Å². The molecule has 34 heavy (non-hydrogen) atoms. The van der Waals surface area contributed by atoms with Crippen molar-refractivity contribution in [2.24, 2.45) is 0 Å². The van der Waals surface area contributed by atoms with E-state index in [0.29, 0.717) is 30.5 Å². The van der Waals surface area contributed by atoms with E-state index in [9.17, 15) is 4.79 Å². The Bertz CT molecular complexity index is 934. The van der Waals surface area contributed by atoms with Crippen molar-refractivity contribution >= 4 is 5.78 Å². The van der Waals surface area contributed by atoms with Gasteiger partial charge in [-0.05, 0) is 47.9 Å². The van der Waals surface area contributed by atoms with Gasteiger partial charge in [-0.15, -0.1) is 0 Å². The molecule has 0 amide bonds. The van der Waals surface area contributed by atoms with Gasteiger partial charge in [-0.1, -0.05) is 121 Å². The first-order chi connectivity index (χ1) is 16.8. The van der Waals surface area contributed by atoms with Crippen LogP contribution in [0.2, 0.25) is 0 Å². The summed E-state index contributed by atoms with van der Waals surface area (Å²) in [5.41, 5.74) is 5.31. The lowest BCUT2D eigenvalue weighted by Crippen LogP contribution is -2.05. The monoisotopic (exact) mass is 446 g/mol. The van der Waals surface area contributed by atoms with E-state index in [2.05, 4.69) is 121 Å². The third-order valence-electron chi connectivity index (χ3n) is 6.70. The first kappa shape index (κ1) is 23.7. The number of rotatable bonds is 12. The van der Waals surface area contributed by atoms with Gasteiger partial charge in [0.25, 0.3) is 0 Å². The summed E-state index contributed by atoms with van der Waals surface area (Å²) in [6.45, 7) is 0. The lowest BCUT2D eigenvalue weighted by molar-refractivity contribution is -0.119. The van der Waals surface area contributed by atoms with Crippen molar-refractivity contribution in [3.05, 3.63) is 144 Å². The highest BCUT2D eigenvalue weighted by molar-refractivity contribution is 5.78. The maximum absolute atomic E-state index is 12.8. The highest BCUT2D eigenvalue weighted by Crippen LogP contribution is 2.31. The minimum atomic E-state index is 0.343. The van der Waals surface area contributed by atoms with Crippen molar-refractivity contribution in [2.75, 3.05) is 0 Å². The first-order valence-electron chi connectivity index (χ1n) is 12.5. The zero-order valence-corrected chi connectivity index (χ0v) is 19.9. The van der Waals surface area contributed by atoms with E-state index in [1.807, 2.05) is 0 Å². The van der Waals surface area contributed by atoms with Gasteiger partial charge in [0, 0.05) is 24.7 Å². The minimum absolute atomic E-state index is 0.343. The predicted octanol–water partition coefficient (Wildman–Crippen LogP) is 8.56. The van der Waals surface area contributed by atoms with E-state index in [-0.39, 0.29) is 0 Å². The van der Waals surface area contributed by atoms with Crippen molar-refractivity contribution in [3.8, 4) is 0 Å². The van der Waals surface area contributed by atoms with Crippen molar-refractivity contribution < 1.29 is 4.79 Å². The number of carbonyl (C=O) groups excluding carboxylic acids is 1. The molecule has 0 bridgehead atoms. The normalized spacial score (nSPS) is 11.1. The molecule has 4 rings (SSSR count). The zero-order chi connectivity index (χ0) is 23.4. The third kappa shape index (κ3) is 6.78. The minimum Gasteiger partial charge on any atom is -0.300 e. The van der Waals surface area contributed by atoms with Crippen LogP contribution in [0.4, 0.5) is 0 Å². The molecule has 0 atom stereocenters. The van der Waals surface area contributed by atoms with Gasteiger partial charge in [0.2, 0.25) is 0 Å². The molecule has 0 unspecified atom stereocenters. The molecule has 0 radical (unpaired) electrons. The van der Waals surface area contributed by atoms with Gasteiger partial charge in [-0.25, -0.2) is 0 Å². The standard InChI is InChI=1S/C33H34O/c34-31(23-13-25-32(27-15-5-1-6-16-27)28-17-7-2-8-18-28)24-14-26-33(29-19-9-3-10-20-29)30-21-11-4-12-22-30/h1-12,15-22,32-33H,13-14,23-26H2. The van der Waals surface area contributed by atoms with E-state index in [1.54, 1.807) is 0 Å². The lowest BCUT2D eigenvalue weighted by atomic mass is 9.85. The summed E-state index contributed by atoms with van der Waals surface area (Å²) in [7, 11) is 0. The number of hydrogen-bond donors (Lipinski definition) is 0. The highest BCUT2D eigenvalue weighted by atomic mass is 16.1. The predicted molar refractivity (Wildman–Crippen MR) is 142 cm³/mol. The Morgan fingerprint density at radius 3 is 0.971 bits per heavy atom. The fourth-order valence-electron chi connectivity index (χ4n) is 4.92. The zero-order valence-electron chi connectivity index (χ0n) is 19.9. The van der Waals surface area contributed by atoms with Crippen LogP contribution in [0.25, 0.3) is 0 Å². The Hall–Kier alpha value is -3.45. The summed E-state index contributed by atoms with van der Waals surface area (Å²) in [6.07, 6.45) is 5.17. The fourth-order valence-corrected chi connectivity index (χ4v) is 4.92. The Morgan fingerprint density at radius 1 is 0.441 bits per heavy atom. The first-order valence-corrected chi connectivity index (χ1v) is 12.5. The molecule has 0 spiro atoms. The molecule has 0 heterocycles. The molecular weight excluding hydrogens is 412 g/mol. The van der Waals surface area contributed by atoms with Crippen LogP contribution in [0.1, 0.15) is 72.6 Å². The van der Waals surface area contributed by atoms with Crippen molar-refractivity contribution in [2.45, 2.75) is 50.4 Å². The number of hydrogen-bond acceptors (Lipinski definition) is 1. The van der Waals surface area contributed by atoms with Crippen molar-refractivity contribution in [1.82, 2.24) is 0 Å². The second kappa shape index (κ2) is 12.7. The van der Waals surface area contributed by atoms with Crippen LogP contribution < -0.4 is 0 Å². The van der Waals surface area contributed by atoms with Crippen LogP contribution in [-0.4, -0.2) is 5.78 Å². The van der Waals surface area contributed by atoms with E-state index in [0.717, 1.165) is 25.7 Å². The Balaban J connectivity index is 1.30. The molecule has 172 valence electrons. The summed E-state index contributed by atoms with van der Waals surface area (Å²) < 4.78 is 0. The average Bonchev–Trinajstić information content (AvgIpc) is 2.91. The molecule has 0 aromatic heterocycles. The second-order valence-electron chi connectivity index (χ2n) is 9.07. The second-order valence-corrected chi connectivity index (χ2v) is 9.07. The summed E-state index contributed by atoms with van der Waals surface area (Å²) in [5.74, 6) is 1.08. The van der Waals surface area contributed by atoms with Crippen LogP contribution in [0.15, 0.2) is 121 Å². The van der Waals surface area contributed by atoms with Crippen molar-refractivity contribution in [1.29, 1.82) is 0 Å². The molecule has 0 aliphatic heterocycles. The Morgan fingerprint density at radius 2 is 0.706 bits per heavy atom. The molecule has 1 heteroatoms. The summed E-state index contributed by atoms with van der Waals surface area (Å²) in [5, 5.41) is 0. The Labute approximate surface area is 204 Å². The van der Waals surface area contributed by atoms with Gasteiger partial charge in [0.15, 0.2) is 0 Å². The van der Waals surface area contributed by atoms with Crippen LogP contribution in [0.3, 0.4) is 0 Å². The van der Waals surface area contributed by atoms with Gasteiger partial charge in [-0.2, -0.15) is 0 Å². The van der Waals surface area contributed by atoms with E-state index in [4.69, 9.17) is 0 Å². The van der Waals surface area contributed by atoms with Gasteiger partial charge >= 0.3 is 0 Å². The molecule has 1 nitrogen and oxygen atoms in total. The van der Waals surface area contributed by atoms with Crippen LogP contribution in [-0.2, 0) is 4.79 Å². The SMILES string of the molecule is O=C(CCCC(c1ccccc1)c1ccccc1)CCCC(c1ccccc1)c1ccccc1. The molecule has 4 aromatic carbocycles. The molecule has 4 aromatic rings. The van der Waals surface area contributed by atoms with E-state index < -0.39 is 0 Å². The van der Waals surface area contributed by atoms with Gasteiger partial charge in [-0.3, -0.25) is 4.79 Å². The van der Waals surface area contributed by atoms with Crippen molar-refractivity contribution in [3.63, 3.8) is 0 Å². The number of Topliss-reactive ketones (excluding diaryl/α,β-unsaturated/α-hetero) is 1. The van der Waals surface area contributed by atoms with Gasteiger partial charge in [0.05, 0.1) is 0 Å².